The molecule has 0 aliphatic carbocycles. The zero-order chi connectivity index (χ0) is 13.7. The fourth-order valence-electron chi connectivity index (χ4n) is 2.94. The van der Waals surface area contributed by atoms with Crippen molar-refractivity contribution >= 4 is 0 Å². The second kappa shape index (κ2) is 7.11. The van der Waals surface area contributed by atoms with E-state index in [1.807, 2.05) is 0 Å². The molecule has 0 spiro atoms. The van der Waals surface area contributed by atoms with E-state index in [4.69, 9.17) is 9.52 Å². The highest BCUT2D eigenvalue weighted by Gasteiger charge is 2.29. The highest BCUT2D eigenvalue weighted by Crippen LogP contribution is 2.35. The number of aryl methyl sites for hydroxylation is 1. The van der Waals surface area contributed by atoms with E-state index in [1.54, 1.807) is 0 Å². The van der Waals surface area contributed by atoms with Crippen LogP contribution in [0.4, 0.5) is 0 Å². The molecule has 108 valence electrons. The first kappa shape index (κ1) is 14.6. The van der Waals surface area contributed by atoms with Crippen LogP contribution in [0, 0.1) is 5.92 Å². The molecule has 1 N–H and O–H groups in total. The van der Waals surface area contributed by atoms with E-state index >= 15 is 0 Å². The largest absolute Gasteiger partial charge is 0.464 e. The summed E-state index contributed by atoms with van der Waals surface area (Å²) in [5, 5.41) is 8.92. The Kier molecular flexibility index (Phi) is 5.46. The van der Waals surface area contributed by atoms with E-state index in [0.717, 1.165) is 49.8 Å². The summed E-state index contributed by atoms with van der Waals surface area (Å²) >= 11 is 0. The van der Waals surface area contributed by atoms with Crippen molar-refractivity contribution in [2.24, 2.45) is 5.92 Å². The highest BCUT2D eigenvalue weighted by molar-refractivity contribution is 5.12. The Hall–Kier alpha value is -0.800. The Balaban J connectivity index is 2.03. The molecule has 2 atom stereocenters. The molecule has 2 heterocycles. The van der Waals surface area contributed by atoms with Crippen LogP contribution >= 0.6 is 0 Å². The van der Waals surface area contributed by atoms with Crippen molar-refractivity contribution in [3.05, 3.63) is 23.7 Å². The molecule has 3 heteroatoms. The predicted molar refractivity (Wildman–Crippen MR) is 77.1 cm³/mol. The third kappa shape index (κ3) is 3.83. The lowest BCUT2D eigenvalue weighted by atomic mass is 9.91. The van der Waals surface area contributed by atoms with Crippen molar-refractivity contribution in [1.29, 1.82) is 0 Å². The molecule has 19 heavy (non-hydrogen) atoms. The van der Waals surface area contributed by atoms with E-state index in [-0.39, 0.29) is 0 Å². The molecule has 1 aliphatic rings. The van der Waals surface area contributed by atoms with Crippen molar-refractivity contribution in [3.8, 4) is 0 Å². The van der Waals surface area contributed by atoms with Crippen LogP contribution in [-0.4, -0.2) is 29.7 Å². The third-order valence-electron chi connectivity index (χ3n) is 4.19. The smallest absolute Gasteiger partial charge is 0.121 e. The summed E-state index contributed by atoms with van der Waals surface area (Å²) in [5.41, 5.74) is 0. The molecular weight excluding hydrogens is 238 g/mol. The second-order valence-corrected chi connectivity index (χ2v) is 5.77. The fraction of sp³-hybridized carbons (Fsp3) is 0.750. The molecule has 1 aromatic rings. The number of likely N-dealkylation sites (tertiary alicyclic amines) is 1. The van der Waals surface area contributed by atoms with Crippen LogP contribution in [0.2, 0.25) is 0 Å². The van der Waals surface area contributed by atoms with Gasteiger partial charge in [-0.3, -0.25) is 4.90 Å². The van der Waals surface area contributed by atoms with E-state index < -0.39 is 0 Å². The maximum Gasteiger partial charge on any atom is 0.121 e. The summed E-state index contributed by atoms with van der Waals surface area (Å²) in [6.07, 6.45) is 5.40. The van der Waals surface area contributed by atoms with Gasteiger partial charge in [0.1, 0.15) is 11.5 Å². The number of unbranched alkanes of at least 4 members (excludes halogenated alkanes) is 1. The topological polar surface area (TPSA) is 36.6 Å². The van der Waals surface area contributed by atoms with Crippen LogP contribution in [0.5, 0.6) is 0 Å². The second-order valence-electron chi connectivity index (χ2n) is 5.77. The first-order chi connectivity index (χ1) is 9.24. The zero-order valence-electron chi connectivity index (χ0n) is 12.3. The number of aliphatic hydroxyl groups is 1. The van der Waals surface area contributed by atoms with Crippen LogP contribution in [-0.2, 0) is 6.42 Å². The van der Waals surface area contributed by atoms with E-state index in [9.17, 15) is 0 Å². The van der Waals surface area contributed by atoms with Gasteiger partial charge in [-0.1, -0.05) is 13.8 Å². The predicted octanol–water partition coefficient (Wildman–Crippen LogP) is 3.39. The van der Waals surface area contributed by atoms with Gasteiger partial charge in [0.25, 0.3) is 0 Å². The Morgan fingerprint density at radius 3 is 2.89 bits per heavy atom. The van der Waals surface area contributed by atoms with Gasteiger partial charge in [0.2, 0.25) is 0 Å². The molecule has 1 fully saturated rings. The Bertz CT molecular complexity index is 375. The first-order valence-electron chi connectivity index (χ1n) is 7.68. The lowest BCUT2D eigenvalue weighted by Gasteiger charge is -2.37. The van der Waals surface area contributed by atoms with Gasteiger partial charge in [-0.05, 0) is 56.8 Å². The average molecular weight is 265 g/mol. The Morgan fingerprint density at radius 1 is 1.37 bits per heavy atom. The maximum absolute atomic E-state index is 8.92. The van der Waals surface area contributed by atoms with E-state index in [1.165, 1.54) is 12.8 Å². The van der Waals surface area contributed by atoms with Gasteiger partial charge in [0.15, 0.2) is 0 Å². The van der Waals surface area contributed by atoms with Crippen LogP contribution < -0.4 is 0 Å². The van der Waals surface area contributed by atoms with Gasteiger partial charge in [-0.15, -0.1) is 0 Å². The molecule has 3 nitrogen and oxygen atoms in total. The average Bonchev–Trinajstić information content (AvgIpc) is 2.89. The number of rotatable bonds is 6. The number of hydrogen-bond acceptors (Lipinski definition) is 3. The maximum atomic E-state index is 8.92. The van der Waals surface area contributed by atoms with Gasteiger partial charge in [-0.25, -0.2) is 0 Å². The number of piperidine rings is 1. The molecule has 2 rings (SSSR count). The number of hydrogen-bond donors (Lipinski definition) is 1. The molecule has 2 unspecified atom stereocenters. The Morgan fingerprint density at radius 2 is 2.21 bits per heavy atom. The highest BCUT2D eigenvalue weighted by atomic mass is 16.3. The quantitative estimate of drug-likeness (QED) is 0.801. The normalized spacial score (nSPS) is 24.8. The molecule has 1 aromatic heterocycles. The minimum absolute atomic E-state index is 0.301. The number of furan rings is 1. The summed E-state index contributed by atoms with van der Waals surface area (Å²) in [7, 11) is 0. The van der Waals surface area contributed by atoms with Crippen molar-refractivity contribution in [2.75, 3.05) is 19.7 Å². The van der Waals surface area contributed by atoms with Gasteiger partial charge >= 0.3 is 0 Å². The lowest BCUT2D eigenvalue weighted by molar-refractivity contribution is 0.0969. The molecule has 1 aliphatic heterocycles. The van der Waals surface area contributed by atoms with Gasteiger partial charge in [0, 0.05) is 13.0 Å². The van der Waals surface area contributed by atoms with Crippen LogP contribution in [0.1, 0.15) is 57.1 Å². The molecule has 0 radical (unpaired) electrons. The molecule has 0 saturated carbocycles. The summed E-state index contributed by atoms with van der Waals surface area (Å²) in [6.45, 7) is 6.99. The molecule has 0 aromatic carbocycles. The Labute approximate surface area is 116 Å². The van der Waals surface area contributed by atoms with Crippen molar-refractivity contribution in [2.45, 2.75) is 52.0 Å². The fourth-order valence-corrected chi connectivity index (χ4v) is 2.94. The van der Waals surface area contributed by atoms with E-state index in [2.05, 4.69) is 30.9 Å². The first-order valence-corrected chi connectivity index (χ1v) is 7.68. The van der Waals surface area contributed by atoms with Gasteiger partial charge in [0.05, 0.1) is 6.04 Å². The van der Waals surface area contributed by atoms with Gasteiger partial charge < -0.3 is 9.52 Å². The summed E-state index contributed by atoms with van der Waals surface area (Å²) in [6, 6.07) is 4.70. The SMILES string of the molecule is CCc1ccc(C2CC(C)CCN2CCCCO)o1. The summed E-state index contributed by atoms with van der Waals surface area (Å²) in [4.78, 5) is 2.54. The van der Waals surface area contributed by atoms with Crippen LogP contribution in [0.3, 0.4) is 0 Å². The monoisotopic (exact) mass is 265 g/mol. The van der Waals surface area contributed by atoms with Crippen molar-refractivity contribution < 1.29 is 9.52 Å². The van der Waals surface area contributed by atoms with Crippen molar-refractivity contribution in [3.63, 3.8) is 0 Å². The lowest BCUT2D eigenvalue weighted by Crippen LogP contribution is -2.36. The zero-order valence-corrected chi connectivity index (χ0v) is 12.3. The minimum atomic E-state index is 0.301. The molecule has 0 bridgehead atoms. The van der Waals surface area contributed by atoms with Gasteiger partial charge in [-0.2, -0.15) is 0 Å². The summed E-state index contributed by atoms with van der Waals surface area (Å²) in [5.74, 6) is 2.99. The summed E-state index contributed by atoms with van der Waals surface area (Å²) < 4.78 is 5.97. The number of aliphatic hydroxyl groups excluding tert-OH is 1. The molecule has 0 amide bonds. The van der Waals surface area contributed by atoms with E-state index in [0.29, 0.717) is 12.6 Å². The van der Waals surface area contributed by atoms with Crippen LogP contribution in [0.15, 0.2) is 16.5 Å². The molecule has 1 saturated heterocycles. The number of nitrogens with zero attached hydrogens (tertiary/aromatic N) is 1. The standard InChI is InChI=1S/C16H27NO2/c1-3-14-6-7-16(19-14)15-12-13(2)8-10-17(15)9-4-5-11-18/h6-7,13,15,18H,3-5,8-12H2,1-2H3. The minimum Gasteiger partial charge on any atom is -0.464 e. The van der Waals surface area contributed by atoms with Crippen molar-refractivity contribution in [1.82, 2.24) is 4.90 Å². The van der Waals surface area contributed by atoms with Crippen LogP contribution in [0.25, 0.3) is 0 Å². The molecular formula is C16H27NO2. The third-order valence-corrected chi connectivity index (χ3v) is 4.19.